The van der Waals surface area contributed by atoms with E-state index < -0.39 is 22.2 Å². The van der Waals surface area contributed by atoms with E-state index in [1.54, 1.807) is 0 Å². The van der Waals surface area contributed by atoms with Crippen LogP contribution >= 0.6 is 11.8 Å². The van der Waals surface area contributed by atoms with Crippen molar-refractivity contribution in [3.8, 4) is 5.69 Å². The molecule has 1 fully saturated rings. The molecule has 0 saturated carbocycles. The molecule has 1 amide bonds. The molecule has 25 heavy (non-hydrogen) atoms. The number of hydrogen-bond acceptors (Lipinski definition) is 7. The lowest BCUT2D eigenvalue weighted by molar-refractivity contribution is -0.127. The molecule has 1 aliphatic heterocycles. The maximum Gasteiger partial charge on any atom is 0.307 e. The molecule has 0 radical (unpaired) electrons. The maximum atomic E-state index is 12.5. The highest BCUT2D eigenvalue weighted by molar-refractivity contribution is 8.00. The van der Waals surface area contributed by atoms with E-state index in [0.29, 0.717) is 11.6 Å². The van der Waals surface area contributed by atoms with Crippen molar-refractivity contribution in [3.63, 3.8) is 0 Å². The molecule has 1 saturated heterocycles. The maximum absolute atomic E-state index is 12.5. The summed E-state index contributed by atoms with van der Waals surface area (Å²) in [6.45, 7) is 1.92. The Morgan fingerprint density at radius 2 is 1.96 bits per heavy atom. The Hall–Kier alpha value is -1.98. The van der Waals surface area contributed by atoms with E-state index >= 15 is 0 Å². The summed E-state index contributed by atoms with van der Waals surface area (Å²) in [7, 11) is -2.36. The van der Waals surface area contributed by atoms with Gasteiger partial charge in [0.15, 0.2) is 0 Å². The smallest absolute Gasteiger partial charge is 0.272 e. The number of carbonyl (C=O) groups excluding carboxylic acids is 1. The summed E-state index contributed by atoms with van der Waals surface area (Å²) in [6.07, 6.45) is 1.22. The van der Waals surface area contributed by atoms with Gasteiger partial charge in [-0.05, 0) is 29.0 Å². The number of nitrogens with zero attached hydrogens (tertiary/aromatic N) is 6. The van der Waals surface area contributed by atoms with Crippen molar-refractivity contribution in [1.82, 2.24) is 28.8 Å². The molecule has 0 spiro atoms. The van der Waals surface area contributed by atoms with Gasteiger partial charge in [0, 0.05) is 7.05 Å². The summed E-state index contributed by atoms with van der Waals surface area (Å²) in [4.78, 5) is 12.5. The van der Waals surface area contributed by atoms with Gasteiger partial charge in [0.05, 0.1) is 11.6 Å². The van der Waals surface area contributed by atoms with Gasteiger partial charge < -0.3 is 0 Å². The fourth-order valence-electron chi connectivity index (χ4n) is 2.58. The molecule has 1 aromatic carbocycles. The molecule has 1 aromatic heterocycles. The van der Waals surface area contributed by atoms with E-state index in [1.807, 2.05) is 37.3 Å². The molecule has 3 rings (SSSR count). The highest BCUT2D eigenvalue weighted by Gasteiger charge is 2.47. The predicted octanol–water partition coefficient (Wildman–Crippen LogP) is 0.899. The first kappa shape index (κ1) is 17.8. The van der Waals surface area contributed by atoms with Crippen molar-refractivity contribution in [2.75, 3.05) is 12.9 Å². The second-order valence-corrected chi connectivity index (χ2v) is 8.32. The van der Waals surface area contributed by atoms with Crippen molar-refractivity contribution in [1.29, 1.82) is 0 Å². The Kier molecular flexibility index (Phi) is 5.06. The molecule has 11 heteroatoms. The van der Waals surface area contributed by atoms with Gasteiger partial charge in [-0.3, -0.25) is 4.79 Å². The number of tetrazole rings is 1. The van der Waals surface area contributed by atoms with Crippen LogP contribution in [-0.4, -0.2) is 62.1 Å². The number of benzene rings is 1. The van der Waals surface area contributed by atoms with Gasteiger partial charge in [-0.25, -0.2) is 4.31 Å². The van der Waals surface area contributed by atoms with Crippen LogP contribution in [0.15, 0.2) is 35.5 Å². The van der Waals surface area contributed by atoms with Gasteiger partial charge in [-0.2, -0.15) is 17.4 Å². The lowest BCUT2D eigenvalue weighted by Crippen LogP contribution is -2.32. The van der Waals surface area contributed by atoms with Crippen LogP contribution in [0.2, 0.25) is 0 Å². The Bertz CT molecular complexity index is 854. The average molecular weight is 382 g/mol. The molecular weight excluding hydrogens is 364 g/mol. The number of likely N-dealkylation sites (N-methyl/N-ethyl adjacent to an activating group) is 1. The number of hydrogen-bond donors (Lipinski definition) is 0. The summed E-state index contributed by atoms with van der Waals surface area (Å²) >= 11 is 1.10. The first-order valence-corrected chi connectivity index (χ1v) is 10.1. The molecule has 0 aliphatic carbocycles. The standard InChI is InChI=1S/C14H18N6O3S2/c1-3-7-12-13(21)19(25(22,23)18(12)2)10-24-14-15-16-17-20(14)11-8-5-4-6-9-11/h4-6,8-9,12H,3,7,10H2,1-2H3. The largest absolute Gasteiger partial charge is 0.307 e. The minimum absolute atomic E-state index is 0.0705. The quantitative estimate of drug-likeness (QED) is 0.684. The third-order valence-corrected chi connectivity index (χ3v) is 6.84. The van der Waals surface area contributed by atoms with Crippen molar-refractivity contribution in [2.24, 2.45) is 0 Å². The van der Waals surface area contributed by atoms with E-state index in [0.717, 1.165) is 32.5 Å². The fraction of sp³-hybridized carbons (Fsp3) is 0.429. The third-order valence-electron chi connectivity index (χ3n) is 3.93. The monoisotopic (exact) mass is 382 g/mol. The number of rotatable bonds is 6. The average Bonchev–Trinajstić information content (AvgIpc) is 3.13. The number of thioether (sulfide) groups is 1. The Morgan fingerprint density at radius 3 is 2.64 bits per heavy atom. The molecule has 0 N–H and O–H groups in total. The van der Waals surface area contributed by atoms with Crippen molar-refractivity contribution in [3.05, 3.63) is 30.3 Å². The molecule has 2 heterocycles. The molecule has 1 atom stereocenters. The third kappa shape index (κ3) is 3.26. The summed E-state index contributed by atoms with van der Waals surface area (Å²) in [5, 5.41) is 11.9. The number of para-hydroxylation sites is 1. The molecule has 1 unspecified atom stereocenters. The summed E-state index contributed by atoms with van der Waals surface area (Å²) < 4.78 is 28.5. The van der Waals surface area contributed by atoms with Gasteiger partial charge in [0.2, 0.25) is 5.16 Å². The predicted molar refractivity (Wildman–Crippen MR) is 92.1 cm³/mol. The molecule has 9 nitrogen and oxygen atoms in total. The van der Waals surface area contributed by atoms with Crippen LogP contribution in [0.25, 0.3) is 5.69 Å². The lowest BCUT2D eigenvalue weighted by atomic mass is 10.1. The van der Waals surface area contributed by atoms with Crippen LogP contribution < -0.4 is 0 Å². The first-order valence-electron chi connectivity index (χ1n) is 7.73. The normalized spacial score (nSPS) is 20.3. The van der Waals surface area contributed by atoms with Crippen molar-refractivity contribution < 1.29 is 13.2 Å². The summed E-state index contributed by atoms with van der Waals surface area (Å²) in [5.41, 5.74) is 0.756. The van der Waals surface area contributed by atoms with E-state index in [2.05, 4.69) is 15.5 Å². The minimum atomic E-state index is -3.80. The van der Waals surface area contributed by atoms with Gasteiger partial charge in [0.25, 0.3) is 5.91 Å². The van der Waals surface area contributed by atoms with Crippen molar-refractivity contribution in [2.45, 2.75) is 31.0 Å². The Morgan fingerprint density at radius 1 is 1.24 bits per heavy atom. The topological polar surface area (TPSA) is 101 Å². The van der Waals surface area contributed by atoms with E-state index in [4.69, 9.17) is 0 Å². The van der Waals surface area contributed by atoms with Gasteiger partial charge in [0.1, 0.15) is 6.04 Å². The zero-order valence-corrected chi connectivity index (χ0v) is 15.4. The van der Waals surface area contributed by atoms with Crippen LogP contribution in [0.1, 0.15) is 19.8 Å². The summed E-state index contributed by atoms with van der Waals surface area (Å²) in [5.74, 6) is -0.477. The van der Waals surface area contributed by atoms with Gasteiger partial charge in [-0.15, -0.1) is 5.10 Å². The first-order chi connectivity index (χ1) is 12.0. The van der Waals surface area contributed by atoms with E-state index in [1.165, 1.54) is 11.7 Å². The minimum Gasteiger partial charge on any atom is -0.272 e. The SMILES string of the molecule is CCCC1C(=O)N(CSc2nnnn2-c2ccccc2)S(=O)(=O)N1C. The molecular formula is C14H18N6O3S2. The molecule has 0 bridgehead atoms. The van der Waals surface area contributed by atoms with Crippen LogP contribution in [0.4, 0.5) is 0 Å². The fourth-order valence-corrected chi connectivity index (χ4v) is 5.16. The van der Waals surface area contributed by atoms with Gasteiger partial charge in [-0.1, -0.05) is 43.3 Å². The Balaban J connectivity index is 1.79. The number of carbonyl (C=O) groups is 1. The number of amides is 1. The molecule has 134 valence electrons. The van der Waals surface area contributed by atoms with Crippen LogP contribution in [-0.2, 0) is 15.0 Å². The van der Waals surface area contributed by atoms with Crippen LogP contribution in [0, 0.1) is 0 Å². The van der Waals surface area contributed by atoms with Crippen LogP contribution in [0.5, 0.6) is 0 Å². The second-order valence-electron chi connectivity index (χ2n) is 5.50. The lowest BCUT2D eigenvalue weighted by Gasteiger charge is -2.15. The zero-order valence-electron chi connectivity index (χ0n) is 13.8. The second kappa shape index (κ2) is 7.10. The van der Waals surface area contributed by atoms with E-state index in [-0.39, 0.29) is 5.88 Å². The van der Waals surface area contributed by atoms with Gasteiger partial charge >= 0.3 is 10.2 Å². The highest BCUT2D eigenvalue weighted by atomic mass is 32.2. The summed E-state index contributed by atoms with van der Waals surface area (Å²) in [6, 6.07) is 8.61. The number of aromatic nitrogens is 4. The zero-order chi connectivity index (χ0) is 18.0. The van der Waals surface area contributed by atoms with Crippen molar-refractivity contribution >= 4 is 27.9 Å². The Labute approximate surface area is 150 Å². The van der Waals surface area contributed by atoms with Crippen LogP contribution in [0.3, 0.4) is 0 Å². The molecule has 1 aliphatic rings. The highest BCUT2D eigenvalue weighted by Crippen LogP contribution is 2.29. The van der Waals surface area contributed by atoms with E-state index in [9.17, 15) is 13.2 Å². The molecule has 2 aromatic rings.